The molecule has 14 heterocycles. The van der Waals surface area contributed by atoms with Crippen molar-refractivity contribution in [1.29, 1.82) is 5.26 Å². The molecule has 0 radical (unpaired) electrons. The van der Waals surface area contributed by atoms with Crippen molar-refractivity contribution in [3.8, 4) is 86.6 Å². The van der Waals surface area contributed by atoms with E-state index in [1.807, 2.05) is 45.0 Å². The van der Waals surface area contributed by atoms with Gasteiger partial charge in [0.25, 0.3) is 0 Å². The third-order valence-corrected chi connectivity index (χ3v) is 30.6. The molecule has 6 aromatic rings. The average Bonchev–Trinajstić information content (AvgIpc) is 1.56. The summed E-state index contributed by atoms with van der Waals surface area (Å²) in [7, 11) is 9.78. The Morgan fingerprint density at radius 1 is 0.414 bits per heavy atom. The van der Waals surface area contributed by atoms with E-state index in [0.29, 0.717) is 151 Å². The van der Waals surface area contributed by atoms with Gasteiger partial charge < -0.3 is 109 Å². The molecule has 0 aliphatic carbocycles. The number of hydrogen-bond donors (Lipinski definition) is 3. The SMILES string of the molecule is COc1cc2c(cc1OC(=O)OC(C)(C)C)CCN[C@]21CS[C@@H]2c3c(OC(=O)OC(C)(C)C)c(C)c4c(c3[C@H](COC1=O)N1C2[C@H]2c3c(cc(C)c(OC)c3OC(=O)OC(C)(C)C)C[C@@H]([C@@H]1C#N)N2C)OCO4.COc1cc2c(cc1OC(=O)OC(C)(C)C)CCN[C@]21CS[C@@H]2c3c(OC(=O)OC(C)(C)C)c(C)c4c(c3[C@H](COC1=O)N1C2[C@H]2c3c(cc(C)c(OC)c3OC(=O)OC(C)(C)C)C[C@@H]([C@@H]1O)N2C)OCO4. The predicted molar refractivity (Wildman–Crippen MR) is 524 cm³/mol. The molecular formula is C105H129N7O31S2. The normalized spacial score (nSPS) is 25.3. The van der Waals surface area contributed by atoms with Crippen LogP contribution in [0.1, 0.15) is 248 Å². The number of likely N-dealkylation sites (N-methyl/N-ethyl adjacent to an activating group) is 2. The van der Waals surface area contributed by atoms with Gasteiger partial charge >= 0.3 is 48.9 Å². The van der Waals surface area contributed by atoms with Gasteiger partial charge in [0.2, 0.25) is 13.6 Å². The van der Waals surface area contributed by atoms with Gasteiger partial charge in [0.1, 0.15) is 70.6 Å². The summed E-state index contributed by atoms with van der Waals surface area (Å²) in [6.45, 7) is 38.4. The average molecular weight is 2050 g/mol. The van der Waals surface area contributed by atoms with Crippen LogP contribution in [0, 0.1) is 39.0 Å². The van der Waals surface area contributed by atoms with Gasteiger partial charge in [0.15, 0.2) is 80.1 Å². The van der Waals surface area contributed by atoms with Gasteiger partial charge in [-0.05, 0) is 261 Å². The molecular weight excluding hydrogens is 1920 g/mol. The number of piperazine rings is 2. The highest BCUT2D eigenvalue weighted by Gasteiger charge is 2.66. The molecule has 38 nitrogen and oxygen atoms in total. The van der Waals surface area contributed by atoms with E-state index in [0.717, 1.165) is 11.1 Å². The van der Waals surface area contributed by atoms with E-state index in [1.54, 1.807) is 163 Å². The van der Waals surface area contributed by atoms with Crippen molar-refractivity contribution in [3.63, 3.8) is 0 Å². The number of aliphatic hydroxyl groups excluding tert-OH is 1. The molecule has 0 amide bonds. The number of aliphatic hydroxyl groups is 1. The lowest BCUT2D eigenvalue weighted by molar-refractivity contribution is -0.186. The second kappa shape index (κ2) is 38.5. The molecule has 4 saturated heterocycles. The first-order valence-electron chi connectivity index (χ1n) is 48.4. The first-order valence-corrected chi connectivity index (χ1v) is 50.5. The van der Waals surface area contributed by atoms with Gasteiger partial charge in [-0.15, -0.1) is 23.5 Å². The first-order chi connectivity index (χ1) is 68.0. The minimum absolute atomic E-state index is 0.00797. The molecule has 8 bridgehead atoms. The minimum Gasteiger partial charge on any atom is -0.493 e. The Morgan fingerprint density at radius 2 is 0.752 bits per heavy atom. The van der Waals surface area contributed by atoms with Crippen molar-refractivity contribution in [3.05, 3.63) is 125 Å². The maximum Gasteiger partial charge on any atom is 0.514 e. The zero-order valence-electron chi connectivity index (χ0n) is 87.1. The van der Waals surface area contributed by atoms with Gasteiger partial charge in [0, 0.05) is 87.2 Å². The fraction of sp³-hybridized carbons (Fsp3) is 0.571. The number of nitrogens with one attached hydrogen (secondary N) is 2. The quantitative estimate of drug-likeness (QED) is 0.0651. The Bertz CT molecular complexity index is 6300. The second-order valence-corrected chi connectivity index (χ2v) is 46.4. The smallest absolute Gasteiger partial charge is 0.493 e. The highest BCUT2D eigenvalue weighted by molar-refractivity contribution is 7.99. The molecule has 2 unspecified atom stereocenters. The Hall–Kier alpha value is -11.8. The highest BCUT2D eigenvalue weighted by Crippen LogP contribution is 2.69. The number of carbonyl (C=O) groups is 8. The van der Waals surface area contributed by atoms with Crippen molar-refractivity contribution in [1.82, 2.24) is 30.2 Å². The summed E-state index contributed by atoms with van der Waals surface area (Å²) in [5.41, 5.74) is 1.57. The fourth-order valence-electron chi connectivity index (χ4n) is 22.3. The largest absolute Gasteiger partial charge is 0.514 e. The summed E-state index contributed by atoms with van der Waals surface area (Å²) < 4.78 is 133. The lowest BCUT2D eigenvalue weighted by Gasteiger charge is -2.62. The van der Waals surface area contributed by atoms with E-state index in [-0.39, 0.29) is 84.3 Å². The van der Waals surface area contributed by atoms with Gasteiger partial charge in [-0.25, -0.2) is 38.4 Å². The number of hydrogen-bond acceptors (Lipinski definition) is 40. The third kappa shape index (κ3) is 19.4. The summed E-state index contributed by atoms with van der Waals surface area (Å²) in [6, 6.07) is 6.97. The number of thioether (sulfide) groups is 2. The number of carbonyl (C=O) groups excluding carboxylic acids is 8. The summed E-state index contributed by atoms with van der Waals surface area (Å²) in [5.74, 6) is 2.14. The lowest BCUT2D eigenvalue weighted by Crippen LogP contribution is -2.70. The molecule has 0 saturated carbocycles. The monoisotopic (exact) mass is 2050 g/mol. The molecule has 40 heteroatoms. The molecule has 6 aromatic carbocycles. The van der Waals surface area contributed by atoms with Crippen LogP contribution >= 0.6 is 23.5 Å². The number of benzene rings is 6. The number of aryl methyl sites for hydroxylation is 2. The molecule has 20 rings (SSSR count). The van der Waals surface area contributed by atoms with Crippen LogP contribution in [0.3, 0.4) is 0 Å². The van der Waals surface area contributed by atoms with Gasteiger partial charge in [-0.2, -0.15) is 5.26 Å². The van der Waals surface area contributed by atoms with Crippen molar-refractivity contribution in [2.24, 2.45) is 0 Å². The molecule has 145 heavy (non-hydrogen) atoms. The van der Waals surface area contributed by atoms with Crippen LogP contribution < -0.4 is 76.9 Å². The summed E-state index contributed by atoms with van der Waals surface area (Å²) >= 11 is 2.78. The number of ether oxygens (including phenoxy) is 22. The molecule has 14 aliphatic rings. The van der Waals surface area contributed by atoms with E-state index in [9.17, 15) is 39.1 Å². The topological polar surface area (TPSA) is 421 Å². The predicted octanol–water partition coefficient (Wildman–Crippen LogP) is 16.6. The molecule has 2 spiro atoms. The van der Waals surface area contributed by atoms with Crippen LogP contribution in [0.4, 0.5) is 28.8 Å². The highest BCUT2D eigenvalue weighted by atomic mass is 32.2. The van der Waals surface area contributed by atoms with Crippen LogP contribution in [0.5, 0.6) is 80.5 Å². The van der Waals surface area contributed by atoms with Crippen LogP contribution in [0.25, 0.3) is 0 Å². The van der Waals surface area contributed by atoms with Crippen LogP contribution in [0.2, 0.25) is 0 Å². The molecule has 0 aromatic heterocycles. The Kier molecular flexibility index (Phi) is 27.7. The van der Waals surface area contributed by atoms with Gasteiger partial charge in [0.05, 0.1) is 75.2 Å². The maximum atomic E-state index is 15.3. The Labute approximate surface area is 850 Å². The molecule has 14 aliphatic heterocycles. The van der Waals surface area contributed by atoms with Crippen molar-refractivity contribution < 1.29 is 148 Å². The Morgan fingerprint density at radius 3 is 1.11 bits per heavy atom. The van der Waals surface area contributed by atoms with Crippen molar-refractivity contribution in [2.45, 2.75) is 294 Å². The number of nitrogens with zero attached hydrogens (tertiary/aromatic N) is 5. The van der Waals surface area contributed by atoms with Gasteiger partial charge in [-0.1, -0.05) is 12.1 Å². The van der Waals surface area contributed by atoms with Gasteiger partial charge in [-0.3, -0.25) is 30.2 Å². The number of nitriles is 1. The van der Waals surface area contributed by atoms with Crippen molar-refractivity contribution in [2.75, 3.05) is 93.9 Å². The van der Waals surface area contributed by atoms with E-state index in [2.05, 4.69) is 31.4 Å². The van der Waals surface area contributed by atoms with Crippen LogP contribution in [-0.4, -0.2) is 238 Å². The van der Waals surface area contributed by atoms with Crippen LogP contribution in [-0.2, 0) is 84.2 Å². The number of rotatable bonds is 10. The minimum atomic E-state index is -1.54. The molecule has 4 fully saturated rings. The van der Waals surface area contributed by atoms with E-state index < -0.39 is 165 Å². The number of methoxy groups -OCH3 is 4. The second-order valence-electron chi connectivity index (χ2n) is 44.2. The number of esters is 2. The maximum absolute atomic E-state index is 15.3. The fourth-order valence-corrected chi connectivity index (χ4v) is 25.7. The molecule has 14 atom stereocenters. The molecule has 3 N–H and O–H groups in total. The summed E-state index contributed by atoms with van der Waals surface area (Å²) in [6.07, 6.45) is -5.18. The van der Waals surface area contributed by atoms with E-state index >= 15 is 9.59 Å². The van der Waals surface area contributed by atoms with E-state index in [1.165, 1.54) is 52.0 Å². The zero-order chi connectivity index (χ0) is 105. The Balaban J connectivity index is 0.000000199. The molecule has 782 valence electrons. The summed E-state index contributed by atoms with van der Waals surface area (Å²) in [5, 5.41) is 30.0. The standard InChI is InChI=1S/C53H64N4O15S.C52H65N3O16S/c1-25-17-28-18-30-31(21-54)57-32-22-64-46(58)53(29-20-33(62-13)34(19-27(29)15-16-55-53)67-47(59)70-50(3,4)5)23-73-45(37-36(32)43-42(65-24-66-43)26(2)41(37)68-48(60)71-51(6,7)8)39(57)38(56(30)12)35(28)44(40(25)63-14)69-49(61)72-52(9,10)11;1-24-17-27-18-29-44(56)55-30-21-63-45(57)52(28-20-31(61-13)32(19-26(28)15-16-53-52)66-46(58)69-49(3,4)5)22-72-43(35-34(30)41-40(64-23-65-41)25(2)39(35)67-47(59)70-50(6,7)8)37(55)36(54(29)12)33(27)42(38(24)62-14)68-48(60)71-51(9,10)11/h17,19-20,30-32,38-39,45,55H,15-16,18,22-24H2,1-14H3;17,19-20,29-30,36-37,43-44,53,56H,15-16,18,21-23H2,1-14H3/t30-,31-,32-,38+,39?,45+,53+;29-,30-,36+,37?,43+,44-,52+/m00/s1. The first kappa shape index (κ1) is 105. The van der Waals surface area contributed by atoms with Crippen molar-refractivity contribution >= 4 is 72.4 Å². The number of fused-ring (bicyclic) bond motifs is 18. The zero-order valence-corrected chi connectivity index (χ0v) is 88.8. The lowest BCUT2D eigenvalue weighted by atomic mass is 9.71. The van der Waals surface area contributed by atoms with Crippen LogP contribution in [0.15, 0.2) is 36.4 Å². The third-order valence-electron chi connectivity index (χ3n) is 27.6. The van der Waals surface area contributed by atoms with E-state index in [4.69, 9.17) is 104 Å². The summed E-state index contributed by atoms with van der Waals surface area (Å²) in [4.78, 5) is 120.